The Balaban J connectivity index is 1.89. The molecule has 0 aliphatic carbocycles. The van der Waals surface area contributed by atoms with E-state index in [9.17, 15) is 4.21 Å². The average molecular weight is 251 g/mol. The SMILES string of the molecule is O=S1CCN(Cc2csc(Cl)n2)CC1. The zero-order chi connectivity index (χ0) is 9.97. The van der Waals surface area contributed by atoms with Crippen LogP contribution in [0.5, 0.6) is 0 Å². The third-order valence-electron chi connectivity index (χ3n) is 2.18. The van der Waals surface area contributed by atoms with Crippen LogP contribution in [0.3, 0.4) is 0 Å². The lowest BCUT2D eigenvalue weighted by molar-refractivity contribution is 0.288. The van der Waals surface area contributed by atoms with Crippen molar-refractivity contribution < 1.29 is 4.21 Å². The number of hydrogen-bond acceptors (Lipinski definition) is 4. The normalized spacial score (nSPS) is 20.1. The van der Waals surface area contributed by atoms with Crippen molar-refractivity contribution in [3.05, 3.63) is 15.5 Å². The highest BCUT2D eigenvalue weighted by Crippen LogP contribution is 2.16. The van der Waals surface area contributed by atoms with Crippen molar-refractivity contribution in [3.8, 4) is 0 Å². The molecule has 6 heteroatoms. The Morgan fingerprint density at radius 1 is 1.57 bits per heavy atom. The summed E-state index contributed by atoms with van der Waals surface area (Å²) in [6.45, 7) is 2.64. The summed E-state index contributed by atoms with van der Waals surface area (Å²) in [5, 5.41) is 1.98. The Hall–Kier alpha value is 0.0300. The van der Waals surface area contributed by atoms with Crippen LogP contribution in [-0.4, -0.2) is 38.7 Å². The summed E-state index contributed by atoms with van der Waals surface area (Å²) in [5.41, 5.74) is 1.02. The van der Waals surface area contributed by atoms with E-state index >= 15 is 0 Å². The lowest BCUT2D eigenvalue weighted by Gasteiger charge is -2.24. The van der Waals surface area contributed by atoms with Gasteiger partial charge in [0.1, 0.15) is 0 Å². The van der Waals surface area contributed by atoms with Crippen molar-refractivity contribution in [2.45, 2.75) is 6.54 Å². The van der Waals surface area contributed by atoms with Crippen molar-refractivity contribution >= 4 is 33.7 Å². The van der Waals surface area contributed by atoms with Crippen molar-refractivity contribution in [2.24, 2.45) is 0 Å². The van der Waals surface area contributed by atoms with Gasteiger partial charge in [0.15, 0.2) is 4.47 Å². The quantitative estimate of drug-likeness (QED) is 0.795. The fourth-order valence-electron chi connectivity index (χ4n) is 1.42. The van der Waals surface area contributed by atoms with Crippen molar-refractivity contribution in [1.82, 2.24) is 9.88 Å². The first kappa shape index (κ1) is 10.5. The van der Waals surface area contributed by atoms with Crippen LogP contribution in [-0.2, 0) is 17.3 Å². The van der Waals surface area contributed by atoms with Crippen LogP contribution in [0, 0.1) is 0 Å². The monoisotopic (exact) mass is 250 g/mol. The molecule has 2 rings (SSSR count). The summed E-state index contributed by atoms with van der Waals surface area (Å²) in [4.78, 5) is 6.46. The van der Waals surface area contributed by atoms with Crippen LogP contribution in [0.25, 0.3) is 0 Å². The fraction of sp³-hybridized carbons (Fsp3) is 0.625. The summed E-state index contributed by atoms with van der Waals surface area (Å²) >= 11 is 7.20. The molecule has 1 aliphatic heterocycles. The number of rotatable bonds is 2. The maximum atomic E-state index is 11.1. The largest absolute Gasteiger partial charge is 0.296 e. The Kier molecular flexibility index (Phi) is 3.54. The third kappa shape index (κ3) is 2.76. The number of nitrogens with zero attached hydrogens (tertiary/aromatic N) is 2. The van der Waals surface area contributed by atoms with E-state index in [4.69, 9.17) is 11.6 Å². The van der Waals surface area contributed by atoms with Crippen LogP contribution in [0.15, 0.2) is 5.38 Å². The first-order chi connectivity index (χ1) is 6.74. The molecular formula is C8H11ClN2OS2. The molecule has 1 aromatic rings. The Labute approximate surface area is 94.5 Å². The van der Waals surface area contributed by atoms with Gasteiger partial charge in [0.2, 0.25) is 0 Å². The summed E-state index contributed by atoms with van der Waals surface area (Å²) in [6.07, 6.45) is 0. The molecule has 0 N–H and O–H groups in total. The van der Waals surface area contributed by atoms with E-state index in [1.807, 2.05) is 5.38 Å². The Bertz CT molecular complexity index is 332. The molecule has 0 aromatic carbocycles. The number of aromatic nitrogens is 1. The number of halogens is 1. The summed E-state index contributed by atoms with van der Waals surface area (Å²) < 4.78 is 11.7. The topological polar surface area (TPSA) is 33.2 Å². The van der Waals surface area contributed by atoms with Gasteiger partial charge in [0.05, 0.1) is 5.69 Å². The molecule has 3 nitrogen and oxygen atoms in total. The number of thiazole rings is 1. The van der Waals surface area contributed by atoms with E-state index in [0.29, 0.717) is 4.47 Å². The maximum Gasteiger partial charge on any atom is 0.183 e. The van der Waals surface area contributed by atoms with Crippen LogP contribution in [0.2, 0.25) is 4.47 Å². The summed E-state index contributed by atoms with van der Waals surface area (Å²) in [7, 11) is -0.599. The lowest BCUT2D eigenvalue weighted by Crippen LogP contribution is -2.37. The van der Waals surface area contributed by atoms with Gasteiger partial charge in [0.25, 0.3) is 0 Å². The van der Waals surface area contributed by atoms with E-state index < -0.39 is 10.8 Å². The zero-order valence-electron chi connectivity index (χ0n) is 7.61. The van der Waals surface area contributed by atoms with Gasteiger partial charge in [-0.05, 0) is 0 Å². The highest BCUT2D eigenvalue weighted by atomic mass is 35.5. The van der Waals surface area contributed by atoms with Gasteiger partial charge in [-0.1, -0.05) is 11.6 Å². The van der Waals surface area contributed by atoms with Gasteiger partial charge in [-0.3, -0.25) is 9.11 Å². The van der Waals surface area contributed by atoms with Crippen LogP contribution in [0.1, 0.15) is 5.69 Å². The first-order valence-electron chi connectivity index (χ1n) is 4.41. The lowest BCUT2D eigenvalue weighted by atomic mass is 10.4. The second-order valence-corrected chi connectivity index (χ2v) is 6.35. The molecule has 1 aromatic heterocycles. The predicted molar refractivity (Wildman–Crippen MR) is 60.3 cm³/mol. The van der Waals surface area contributed by atoms with E-state index in [1.165, 1.54) is 11.3 Å². The van der Waals surface area contributed by atoms with E-state index in [2.05, 4.69) is 9.88 Å². The van der Waals surface area contributed by atoms with Gasteiger partial charge < -0.3 is 0 Å². The molecule has 0 saturated carbocycles. The molecule has 0 bridgehead atoms. The third-order valence-corrected chi connectivity index (χ3v) is 4.48. The molecule has 78 valence electrons. The number of hydrogen-bond donors (Lipinski definition) is 0. The van der Waals surface area contributed by atoms with Gasteiger partial charge >= 0.3 is 0 Å². The minimum Gasteiger partial charge on any atom is -0.296 e. The molecular weight excluding hydrogens is 240 g/mol. The van der Waals surface area contributed by atoms with Gasteiger partial charge in [-0.2, -0.15) is 0 Å². The summed E-state index contributed by atoms with van der Waals surface area (Å²) in [5.74, 6) is 1.58. The second-order valence-electron chi connectivity index (χ2n) is 3.22. The van der Waals surface area contributed by atoms with E-state index in [1.54, 1.807) is 0 Å². The molecule has 14 heavy (non-hydrogen) atoms. The van der Waals surface area contributed by atoms with Gasteiger partial charge in [0, 0.05) is 47.3 Å². The van der Waals surface area contributed by atoms with Crippen molar-refractivity contribution in [3.63, 3.8) is 0 Å². The maximum absolute atomic E-state index is 11.1. The highest BCUT2D eigenvalue weighted by Gasteiger charge is 2.15. The van der Waals surface area contributed by atoms with Crippen molar-refractivity contribution in [2.75, 3.05) is 24.6 Å². The van der Waals surface area contributed by atoms with Crippen LogP contribution < -0.4 is 0 Å². The van der Waals surface area contributed by atoms with E-state index in [0.717, 1.165) is 36.8 Å². The molecule has 0 spiro atoms. The molecule has 0 unspecified atom stereocenters. The van der Waals surface area contributed by atoms with Crippen LogP contribution >= 0.6 is 22.9 Å². The first-order valence-corrected chi connectivity index (χ1v) is 7.16. The standard InChI is InChI=1S/C8H11ClN2OS2/c9-8-10-7(6-13-8)5-11-1-3-14(12)4-2-11/h6H,1-5H2. The zero-order valence-corrected chi connectivity index (χ0v) is 10.00. The molecule has 0 radical (unpaired) electrons. The molecule has 1 aliphatic rings. The van der Waals surface area contributed by atoms with Crippen LogP contribution in [0.4, 0.5) is 0 Å². The predicted octanol–water partition coefficient (Wildman–Crippen LogP) is 1.36. The molecule has 2 heterocycles. The Morgan fingerprint density at radius 2 is 2.29 bits per heavy atom. The van der Waals surface area contributed by atoms with Gasteiger partial charge in [-0.15, -0.1) is 11.3 Å². The molecule has 0 atom stereocenters. The molecule has 0 amide bonds. The molecule has 1 fully saturated rings. The molecule has 1 saturated heterocycles. The second kappa shape index (κ2) is 4.70. The minimum atomic E-state index is -0.599. The average Bonchev–Trinajstić information content (AvgIpc) is 2.56. The fourth-order valence-corrected chi connectivity index (χ4v) is 3.32. The smallest absolute Gasteiger partial charge is 0.183 e. The Morgan fingerprint density at radius 3 is 2.86 bits per heavy atom. The van der Waals surface area contributed by atoms with Gasteiger partial charge in [-0.25, -0.2) is 4.98 Å². The highest BCUT2D eigenvalue weighted by molar-refractivity contribution is 7.85. The minimum absolute atomic E-state index is 0.598. The van der Waals surface area contributed by atoms with E-state index in [-0.39, 0.29) is 0 Å². The summed E-state index contributed by atoms with van der Waals surface area (Å²) in [6, 6.07) is 0. The van der Waals surface area contributed by atoms with Crippen molar-refractivity contribution in [1.29, 1.82) is 0 Å².